The van der Waals surface area contributed by atoms with Gasteiger partial charge in [-0.3, -0.25) is 4.90 Å². The van der Waals surface area contributed by atoms with Crippen molar-refractivity contribution in [3.05, 3.63) is 0 Å². The van der Waals surface area contributed by atoms with Crippen molar-refractivity contribution in [2.45, 2.75) is 46.1 Å². The van der Waals surface area contributed by atoms with Gasteiger partial charge in [-0.25, -0.2) is 14.1 Å². The van der Waals surface area contributed by atoms with E-state index < -0.39 is 12.3 Å². The molecule has 0 aliphatic rings. The Bertz CT molecular complexity index is 166. The molecule has 3 nitrogen and oxygen atoms in total. The van der Waals surface area contributed by atoms with E-state index in [1.165, 1.54) is 4.90 Å². The van der Waals surface area contributed by atoms with Gasteiger partial charge < -0.3 is 0 Å². The molecular weight excluding hydrogens is 180 g/mol. The summed E-state index contributed by atoms with van der Waals surface area (Å²) in [6, 6.07) is -0.372. The van der Waals surface area contributed by atoms with Gasteiger partial charge in [-0.05, 0) is 27.7 Å². The molecule has 0 saturated carbocycles. The summed E-state index contributed by atoms with van der Waals surface area (Å²) in [5.74, 6) is -1.50. The van der Waals surface area contributed by atoms with E-state index in [0.29, 0.717) is 0 Å². The molecule has 13 heavy (non-hydrogen) atoms. The van der Waals surface area contributed by atoms with Crippen LogP contribution in [0, 0.1) is 0 Å². The highest BCUT2D eigenvalue weighted by Gasteiger charge is 2.31. The van der Waals surface area contributed by atoms with E-state index in [-0.39, 0.29) is 12.1 Å². The zero-order valence-electron chi connectivity index (χ0n) is 8.25. The zero-order chi connectivity index (χ0) is 10.6. The maximum absolute atomic E-state index is 13.2. The van der Waals surface area contributed by atoms with Crippen LogP contribution < -0.4 is 0 Å². The minimum Gasteiger partial charge on any atom is -0.259 e. The number of hydrogen-bond acceptors (Lipinski definition) is 3. The van der Waals surface area contributed by atoms with Gasteiger partial charge >= 0.3 is 5.97 Å². The molecule has 0 aromatic rings. The molecule has 0 aromatic carbocycles. The van der Waals surface area contributed by atoms with Crippen molar-refractivity contribution >= 4 is 5.97 Å². The van der Waals surface area contributed by atoms with E-state index in [9.17, 15) is 13.7 Å². The van der Waals surface area contributed by atoms with Crippen molar-refractivity contribution in [1.29, 1.82) is 0 Å². The third-order valence-corrected chi connectivity index (χ3v) is 1.72. The van der Waals surface area contributed by atoms with Gasteiger partial charge in [-0.2, -0.15) is 0 Å². The fourth-order valence-electron chi connectivity index (χ4n) is 1.28. The minimum atomic E-state index is -2.04. The Morgan fingerprint density at radius 1 is 1.23 bits per heavy atom. The van der Waals surface area contributed by atoms with Crippen LogP contribution in [0.5, 0.6) is 0 Å². The SMILES string of the molecule is CC(C)N(C(C)C)C(F)C(=O)OF. The molecule has 0 bridgehead atoms. The van der Waals surface area contributed by atoms with E-state index in [0.717, 1.165) is 0 Å². The summed E-state index contributed by atoms with van der Waals surface area (Å²) in [7, 11) is 0. The summed E-state index contributed by atoms with van der Waals surface area (Å²) in [6.07, 6.45) is -2.04. The highest BCUT2D eigenvalue weighted by Crippen LogP contribution is 2.13. The first kappa shape index (κ1) is 12.3. The van der Waals surface area contributed by atoms with Crippen molar-refractivity contribution in [1.82, 2.24) is 4.90 Å². The van der Waals surface area contributed by atoms with Gasteiger partial charge in [0.15, 0.2) is 0 Å². The number of halogens is 2. The van der Waals surface area contributed by atoms with Crippen molar-refractivity contribution in [2.24, 2.45) is 0 Å². The lowest BCUT2D eigenvalue weighted by atomic mass is 10.2. The number of rotatable bonds is 4. The van der Waals surface area contributed by atoms with Crippen LogP contribution in [0.3, 0.4) is 0 Å². The van der Waals surface area contributed by atoms with E-state index in [4.69, 9.17) is 0 Å². The quantitative estimate of drug-likeness (QED) is 0.641. The smallest absolute Gasteiger partial charge is 0.259 e. The Kier molecular flexibility index (Phi) is 4.83. The molecule has 1 unspecified atom stereocenters. The minimum absolute atomic E-state index is 0.186. The first-order valence-electron chi connectivity index (χ1n) is 4.15. The monoisotopic (exact) mass is 195 g/mol. The summed E-state index contributed by atoms with van der Waals surface area (Å²) >= 11 is 0. The molecule has 0 amide bonds. The molecule has 78 valence electrons. The Balaban J connectivity index is 4.46. The van der Waals surface area contributed by atoms with E-state index in [1.807, 2.05) is 0 Å². The van der Waals surface area contributed by atoms with Gasteiger partial charge in [-0.1, -0.05) is 0 Å². The number of carbonyl (C=O) groups excluding carboxylic acids is 1. The van der Waals surface area contributed by atoms with E-state index in [2.05, 4.69) is 4.94 Å². The van der Waals surface area contributed by atoms with Gasteiger partial charge in [0.1, 0.15) is 0 Å². The molecule has 0 spiro atoms. The molecule has 0 aliphatic carbocycles. The number of carbonyl (C=O) groups is 1. The fourth-order valence-corrected chi connectivity index (χ4v) is 1.28. The van der Waals surface area contributed by atoms with Crippen molar-refractivity contribution in [3.63, 3.8) is 0 Å². The largest absolute Gasteiger partial charge is 0.397 e. The second kappa shape index (κ2) is 5.11. The molecule has 0 rings (SSSR count). The summed E-state index contributed by atoms with van der Waals surface area (Å²) in [4.78, 5) is 14.6. The lowest BCUT2D eigenvalue weighted by Gasteiger charge is -2.31. The Hall–Kier alpha value is -0.710. The zero-order valence-corrected chi connectivity index (χ0v) is 8.25. The summed E-state index contributed by atoms with van der Waals surface area (Å²) in [5.41, 5.74) is 0. The van der Waals surface area contributed by atoms with Gasteiger partial charge in [0.05, 0.1) is 0 Å². The van der Waals surface area contributed by atoms with Crippen LogP contribution >= 0.6 is 0 Å². The van der Waals surface area contributed by atoms with Gasteiger partial charge in [0, 0.05) is 16.6 Å². The highest BCUT2D eigenvalue weighted by molar-refractivity contribution is 5.73. The molecule has 0 N–H and O–H groups in total. The number of nitrogens with zero attached hydrogens (tertiary/aromatic N) is 1. The molecule has 0 heterocycles. The van der Waals surface area contributed by atoms with Gasteiger partial charge in [-0.15, -0.1) is 0 Å². The molecule has 1 atom stereocenters. The lowest BCUT2D eigenvalue weighted by Crippen LogP contribution is -2.46. The summed E-state index contributed by atoms with van der Waals surface area (Å²) in [5, 5.41) is 0. The maximum atomic E-state index is 13.2. The Labute approximate surface area is 76.6 Å². The predicted octanol–water partition coefficient (Wildman–Crippen LogP) is 1.83. The lowest BCUT2D eigenvalue weighted by molar-refractivity contribution is -0.199. The van der Waals surface area contributed by atoms with Crippen molar-refractivity contribution in [3.8, 4) is 0 Å². The molecule has 0 aliphatic heterocycles. The van der Waals surface area contributed by atoms with Crippen molar-refractivity contribution in [2.75, 3.05) is 0 Å². The first-order chi connectivity index (χ1) is 5.91. The first-order valence-corrected chi connectivity index (χ1v) is 4.15. The van der Waals surface area contributed by atoms with Crippen LogP contribution in [0.2, 0.25) is 0 Å². The highest BCUT2D eigenvalue weighted by atomic mass is 19.3. The molecule has 5 heteroatoms. The molecule has 0 aromatic heterocycles. The molecule has 0 saturated heterocycles. The topological polar surface area (TPSA) is 29.5 Å². The molecule has 0 radical (unpaired) electrons. The normalized spacial score (nSPS) is 13.9. The van der Waals surface area contributed by atoms with E-state index in [1.54, 1.807) is 27.7 Å². The number of hydrogen-bond donors (Lipinski definition) is 0. The Morgan fingerprint density at radius 3 is 1.85 bits per heavy atom. The summed E-state index contributed by atoms with van der Waals surface area (Å²) < 4.78 is 24.6. The van der Waals surface area contributed by atoms with Crippen LogP contribution in [0.25, 0.3) is 0 Å². The fraction of sp³-hybridized carbons (Fsp3) is 0.875. The second-order valence-corrected chi connectivity index (χ2v) is 3.37. The average molecular weight is 195 g/mol. The summed E-state index contributed by atoms with van der Waals surface area (Å²) in [6.45, 7) is 6.88. The maximum Gasteiger partial charge on any atom is 0.397 e. The predicted molar refractivity (Wildman–Crippen MR) is 44.2 cm³/mol. The number of alkyl halides is 1. The van der Waals surface area contributed by atoms with E-state index >= 15 is 0 Å². The van der Waals surface area contributed by atoms with Crippen LogP contribution in [0.4, 0.5) is 8.92 Å². The third-order valence-electron chi connectivity index (χ3n) is 1.72. The Morgan fingerprint density at radius 2 is 1.62 bits per heavy atom. The van der Waals surface area contributed by atoms with Gasteiger partial charge in [0.2, 0.25) is 0 Å². The van der Waals surface area contributed by atoms with Crippen LogP contribution in [-0.4, -0.2) is 29.2 Å². The third kappa shape index (κ3) is 3.26. The van der Waals surface area contributed by atoms with Crippen LogP contribution in [0.15, 0.2) is 0 Å². The standard InChI is InChI=1S/C8H15F2NO2/c1-5(2)11(6(3)4)7(9)8(12)13-10/h5-7H,1-4H3. The average Bonchev–Trinajstić information content (AvgIpc) is 2.01. The van der Waals surface area contributed by atoms with Crippen LogP contribution in [0.1, 0.15) is 27.7 Å². The van der Waals surface area contributed by atoms with Crippen molar-refractivity contribution < 1.29 is 18.7 Å². The second-order valence-electron chi connectivity index (χ2n) is 3.37. The van der Waals surface area contributed by atoms with Crippen LogP contribution in [-0.2, 0) is 9.74 Å². The van der Waals surface area contributed by atoms with Gasteiger partial charge in [0.25, 0.3) is 6.30 Å². The molecular formula is C8H15F2NO2. The molecule has 0 fully saturated rings.